The molecule has 1 nitrogen and oxygen atoms in total. The van der Waals surface area contributed by atoms with Crippen LogP contribution in [0, 0.1) is 0 Å². The van der Waals surface area contributed by atoms with Gasteiger partial charge in [-0.15, -0.1) is 0 Å². The molecule has 54 valence electrons. The van der Waals surface area contributed by atoms with Crippen molar-refractivity contribution < 1.29 is 4.74 Å². The Morgan fingerprint density at radius 1 is 1.67 bits per heavy atom. The summed E-state index contributed by atoms with van der Waals surface area (Å²) in [7, 11) is 1.70. The molecule has 0 fully saturated rings. The Bertz CT molecular complexity index is 88.9. The molecule has 9 heavy (non-hydrogen) atoms. The van der Waals surface area contributed by atoms with Gasteiger partial charge in [0, 0.05) is 5.75 Å². The number of hydrogen-bond donors (Lipinski definition) is 0. The molecule has 0 saturated heterocycles. The summed E-state index contributed by atoms with van der Waals surface area (Å²) < 4.78 is 4.94. The van der Waals surface area contributed by atoms with Crippen LogP contribution >= 0.6 is 11.8 Å². The molecule has 0 atom stereocenters. The van der Waals surface area contributed by atoms with Crippen LogP contribution in [0.2, 0.25) is 0 Å². The summed E-state index contributed by atoms with van der Waals surface area (Å²) >= 11 is 1.90. The van der Waals surface area contributed by atoms with Gasteiger partial charge >= 0.3 is 0 Å². The van der Waals surface area contributed by atoms with E-state index in [1.807, 2.05) is 18.7 Å². The number of allylic oxidation sites excluding steroid dienone is 1. The third kappa shape index (κ3) is 5.77. The number of methoxy groups -OCH3 is 1. The Morgan fingerprint density at radius 2 is 2.33 bits per heavy atom. The van der Waals surface area contributed by atoms with Gasteiger partial charge in [-0.2, -0.15) is 11.8 Å². The molecular formula is C7H14OS. The van der Waals surface area contributed by atoms with Gasteiger partial charge in [0.2, 0.25) is 0 Å². The summed E-state index contributed by atoms with van der Waals surface area (Å²) in [5, 5.41) is 0. The lowest BCUT2D eigenvalue weighted by Gasteiger charge is -1.96. The third-order valence-corrected chi connectivity index (χ3v) is 1.83. The first kappa shape index (κ1) is 8.89. The van der Waals surface area contributed by atoms with E-state index in [9.17, 15) is 0 Å². The first-order valence-corrected chi connectivity index (χ1v) is 4.25. The zero-order valence-corrected chi connectivity index (χ0v) is 7.12. The van der Waals surface area contributed by atoms with Crippen LogP contribution < -0.4 is 0 Å². The molecule has 0 aromatic carbocycles. The number of ether oxygens (including phenoxy) is 1. The van der Waals surface area contributed by atoms with E-state index >= 15 is 0 Å². The topological polar surface area (TPSA) is 9.23 Å². The third-order valence-electron chi connectivity index (χ3n) is 1.01. The van der Waals surface area contributed by atoms with Crippen molar-refractivity contribution in [3.05, 3.63) is 11.8 Å². The Labute approximate surface area is 61.5 Å². The van der Waals surface area contributed by atoms with Crippen LogP contribution in [-0.4, -0.2) is 18.6 Å². The van der Waals surface area contributed by atoms with Crippen LogP contribution in [0.4, 0.5) is 0 Å². The summed E-state index contributed by atoms with van der Waals surface area (Å²) in [4.78, 5) is 0. The van der Waals surface area contributed by atoms with Gasteiger partial charge in [0.05, 0.1) is 12.9 Å². The van der Waals surface area contributed by atoms with E-state index < -0.39 is 0 Å². The Morgan fingerprint density at radius 3 is 2.78 bits per heavy atom. The molecule has 0 amide bonds. The lowest BCUT2D eigenvalue weighted by molar-refractivity contribution is 0.293. The Balaban J connectivity index is 3.21. The number of rotatable bonds is 4. The van der Waals surface area contributed by atoms with Crippen molar-refractivity contribution in [2.45, 2.75) is 13.8 Å². The van der Waals surface area contributed by atoms with Crippen LogP contribution in [0.15, 0.2) is 11.8 Å². The van der Waals surface area contributed by atoms with Gasteiger partial charge in [-0.1, -0.05) is 6.92 Å². The predicted octanol–water partition coefficient (Wildman–Crippen LogP) is 2.29. The first-order chi connectivity index (χ1) is 4.31. The molecule has 0 aliphatic heterocycles. The minimum atomic E-state index is 1.01. The van der Waals surface area contributed by atoms with Crippen molar-refractivity contribution in [1.82, 2.24) is 0 Å². The molecule has 0 aliphatic carbocycles. The van der Waals surface area contributed by atoms with Crippen molar-refractivity contribution in [2.24, 2.45) is 0 Å². The maximum absolute atomic E-state index is 4.94. The fraction of sp³-hybridized carbons (Fsp3) is 0.714. The van der Waals surface area contributed by atoms with E-state index in [1.54, 1.807) is 7.11 Å². The highest BCUT2D eigenvalue weighted by Crippen LogP contribution is 2.01. The SMILES string of the molecule is CCSC/C=C(/C)OC. The first-order valence-electron chi connectivity index (χ1n) is 3.09. The smallest absolute Gasteiger partial charge is 0.0893 e. The van der Waals surface area contributed by atoms with E-state index in [1.165, 1.54) is 5.75 Å². The fourth-order valence-corrected chi connectivity index (χ4v) is 0.966. The molecule has 0 saturated carbocycles. The minimum Gasteiger partial charge on any atom is -0.502 e. The van der Waals surface area contributed by atoms with Gasteiger partial charge in [-0.25, -0.2) is 0 Å². The molecule has 0 bridgehead atoms. The van der Waals surface area contributed by atoms with E-state index in [4.69, 9.17) is 4.74 Å². The van der Waals surface area contributed by atoms with E-state index in [0.29, 0.717) is 0 Å². The monoisotopic (exact) mass is 146 g/mol. The Kier molecular flexibility index (Phi) is 5.94. The van der Waals surface area contributed by atoms with Crippen molar-refractivity contribution in [1.29, 1.82) is 0 Å². The largest absolute Gasteiger partial charge is 0.502 e. The summed E-state index contributed by atoms with van der Waals surface area (Å²) in [6, 6.07) is 0. The highest BCUT2D eigenvalue weighted by atomic mass is 32.2. The van der Waals surface area contributed by atoms with Crippen LogP contribution in [0.5, 0.6) is 0 Å². The quantitative estimate of drug-likeness (QED) is 0.444. The maximum atomic E-state index is 4.94. The number of thioether (sulfide) groups is 1. The molecule has 0 N–H and O–H groups in total. The van der Waals surface area contributed by atoms with Gasteiger partial charge in [-0.05, 0) is 18.8 Å². The second kappa shape index (κ2) is 6.02. The van der Waals surface area contributed by atoms with E-state index in [0.717, 1.165) is 11.5 Å². The summed E-state index contributed by atoms with van der Waals surface area (Å²) in [6.45, 7) is 4.12. The predicted molar refractivity (Wildman–Crippen MR) is 43.8 cm³/mol. The van der Waals surface area contributed by atoms with Gasteiger partial charge < -0.3 is 4.74 Å². The molecule has 0 aliphatic rings. The molecule has 2 heteroatoms. The molecule has 0 aromatic rings. The molecule has 0 unspecified atom stereocenters. The molecule has 0 aromatic heterocycles. The second-order valence-corrected chi connectivity index (χ2v) is 3.00. The van der Waals surface area contributed by atoms with Crippen molar-refractivity contribution in [3.63, 3.8) is 0 Å². The normalized spacial score (nSPS) is 11.7. The van der Waals surface area contributed by atoms with Crippen molar-refractivity contribution >= 4 is 11.8 Å². The molecule has 0 rings (SSSR count). The van der Waals surface area contributed by atoms with Crippen LogP contribution in [0.1, 0.15) is 13.8 Å². The number of hydrogen-bond acceptors (Lipinski definition) is 2. The van der Waals surface area contributed by atoms with Gasteiger partial charge in [0.1, 0.15) is 0 Å². The van der Waals surface area contributed by atoms with Crippen LogP contribution in [0.25, 0.3) is 0 Å². The summed E-state index contributed by atoms with van der Waals surface area (Å²) in [5.41, 5.74) is 0. The zero-order valence-electron chi connectivity index (χ0n) is 6.31. The Hall–Kier alpha value is -0.110. The van der Waals surface area contributed by atoms with Crippen LogP contribution in [0.3, 0.4) is 0 Å². The molecular weight excluding hydrogens is 132 g/mol. The summed E-state index contributed by atoms with van der Waals surface area (Å²) in [5.74, 6) is 3.25. The van der Waals surface area contributed by atoms with Gasteiger partial charge in [0.25, 0.3) is 0 Å². The lowest BCUT2D eigenvalue weighted by atomic mass is 10.5. The van der Waals surface area contributed by atoms with Gasteiger partial charge in [0.15, 0.2) is 0 Å². The van der Waals surface area contributed by atoms with Gasteiger partial charge in [-0.3, -0.25) is 0 Å². The average molecular weight is 146 g/mol. The average Bonchev–Trinajstić information content (AvgIpc) is 1.89. The van der Waals surface area contributed by atoms with E-state index in [-0.39, 0.29) is 0 Å². The van der Waals surface area contributed by atoms with Crippen LogP contribution in [-0.2, 0) is 4.74 Å². The van der Waals surface area contributed by atoms with Crippen molar-refractivity contribution in [2.75, 3.05) is 18.6 Å². The zero-order chi connectivity index (χ0) is 7.11. The maximum Gasteiger partial charge on any atom is 0.0893 e. The molecule has 0 spiro atoms. The lowest BCUT2D eigenvalue weighted by Crippen LogP contribution is -1.80. The highest BCUT2D eigenvalue weighted by molar-refractivity contribution is 7.99. The minimum absolute atomic E-state index is 1.01. The second-order valence-electron chi connectivity index (χ2n) is 1.68. The standard InChI is InChI=1S/C7H14OS/c1-4-9-6-5-7(2)8-3/h5H,4,6H2,1-3H3/b7-5-. The highest BCUT2D eigenvalue weighted by Gasteiger charge is 1.82. The van der Waals surface area contributed by atoms with Crippen molar-refractivity contribution in [3.8, 4) is 0 Å². The molecule has 0 heterocycles. The molecule has 0 radical (unpaired) electrons. The van der Waals surface area contributed by atoms with E-state index in [2.05, 4.69) is 13.0 Å². The summed E-state index contributed by atoms with van der Waals surface area (Å²) in [6.07, 6.45) is 2.09. The fourth-order valence-electron chi connectivity index (χ4n) is 0.377.